The van der Waals surface area contributed by atoms with Crippen molar-refractivity contribution in [1.29, 1.82) is 0 Å². The van der Waals surface area contributed by atoms with Gasteiger partial charge in [-0.15, -0.1) is 0 Å². The van der Waals surface area contributed by atoms with E-state index in [1.165, 1.54) is 12.1 Å². The van der Waals surface area contributed by atoms with Crippen LogP contribution in [-0.4, -0.2) is 26.8 Å². The van der Waals surface area contributed by atoms with E-state index >= 15 is 0 Å². The van der Waals surface area contributed by atoms with E-state index in [0.717, 1.165) is 22.5 Å². The van der Waals surface area contributed by atoms with Crippen molar-refractivity contribution in [1.82, 2.24) is 15.0 Å². The van der Waals surface area contributed by atoms with Gasteiger partial charge in [0.15, 0.2) is 0 Å². The molecule has 2 aromatic heterocycles. The number of anilines is 3. The van der Waals surface area contributed by atoms with Crippen molar-refractivity contribution in [2.24, 2.45) is 5.73 Å². The van der Waals surface area contributed by atoms with Crippen molar-refractivity contribution in [2.45, 2.75) is 6.92 Å². The number of benzene rings is 2. The summed E-state index contributed by atoms with van der Waals surface area (Å²) < 4.78 is 0. The zero-order chi connectivity index (χ0) is 22.5. The molecule has 8 heteroatoms. The zero-order valence-electron chi connectivity index (χ0n) is 17.2. The monoisotopic (exact) mass is 424 g/mol. The number of pyridine rings is 1. The summed E-state index contributed by atoms with van der Waals surface area (Å²) in [5, 5.41) is 6.06. The topological polar surface area (TPSA) is 123 Å². The van der Waals surface area contributed by atoms with Gasteiger partial charge in [-0.1, -0.05) is 6.07 Å². The highest BCUT2D eigenvalue weighted by Crippen LogP contribution is 2.24. The molecule has 0 aliphatic rings. The highest BCUT2D eigenvalue weighted by molar-refractivity contribution is 6.05. The molecule has 0 spiro atoms. The lowest BCUT2D eigenvalue weighted by molar-refractivity contribution is 0.0995. The first-order chi connectivity index (χ1) is 15.5. The molecule has 2 amide bonds. The number of carbonyl (C=O) groups is 2. The number of aryl methyl sites for hydroxylation is 1. The van der Waals surface area contributed by atoms with E-state index in [0.29, 0.717) is 22.8 Å². The van der Waals surface area contributed by atoms with Crippen LogP contribution in [0.25, 0.3) is 11.3 Å². The van der Waals surface area contributed by atoms with Crippen molar-refractivity contribution >= 4 is 29.1 Å². The van der Waals surface area contributed by atoms with Crippen LogP contribution in [0, 0.1) is 6.92 Å². The minimum atomic E-state index is -0.541. The number of amides is 2. The Labute approximate surface area is 184 Å². The van der Waals surface area contributed by atoms with E-state index in [4.69, 9.17) is 5.73 Å². The molecular formula is C24H20N6O2. The largest absolute Gasteiger partial charge is 0.366 e. The predicted molar refractivity (Wildman–Crippen MR) is 123 cm³/mol. The standard InChI is InChI=1S/C24H20N6O2/c1-15-4-9-19(28-23(32)17-7-5-16(6-8-17)22(25)31)13-21(15)30-24-27-12-10-20(29-24)18-3-2-11-26-14-18/h2-14H,1H3,(H2,25,31)(H,28,32)(H,27,29,30). The lowest BCUT2D eigenvalue weighted by Crippen LogP contribution is -2.14. The first-order valence-corrected chi connectivity index (χ1v) is 9.82. The van der Waals surface area contributed by atoms with Crippen LogP contribution in [0.4, 0.5) is 17.3 Å². The van der Waals surface area contributed by atoms with Crippen LogP contribution in [0.5, 0.6) is 0 Å². The summed E-state index contributed by atoms with van der Waals surface area (Å²) in [5.41, 5.74) is 9.96. The van der Waals surface area contributed by atoms with Crippen LogP contribution in [0.15, 0.2) is 79.3 Å². The first kappa shape index (κ1) is 20.7. The molecule has 2 heterocycles. The van der Waals surface area contributed by atoms with E-state index in [1.54, 1.807) is 30.7 Å². The van der Waals surface area contributed by atoms with Gasteiger partial charge >= 0.3 is 0 Å². The summed E-state index contributed by atoms with van der Waals surface area (Å²) in [7, 11) is 0. The number of hydrogen-bond acceptors (Lipinski definition) is 6. The Bertz CT molecular complexity index is 1270. The summed E-state index contributed by atoms with van der Waals surface area (Å²) in [4.78, 5) is 36.7. The van der Waals surface area contributed by atoms with Gasteiger partial charge in [-0.25, -0.2) is 9.97 Å². The molecule has 8 nitrogen and oxygen atoms in total. The van der Waals surface area contributed by atoms with Gasteiger partial charge in [0.05, 0.1) is 5.69 Å². The average Bonchev–Trinajstić information content (AvgIpc) is 2.82. The molecular weight excluding hydrogens is 404 g/mol. The van der Waals surface area contributed by atoms with E-state index in [1.807, 2.05) is 43.3 Å². The van der Waals surface area contributed by atoms with Gasteiger partial charge in [-0.3, -0.25) is 14.6 Å². The third-order valence-electron chi connectivity index (χ3n) is 4.79. The third-order valence-corrected chi connectivity index (χ3v) is 4.79. The maximum Gasteiger partial charge on any atom is 0.255 e. The number of nitrogens with one attached hydrogen (secondary N) is 2. The van der Waals surface area contributed by atoms with Crippen LogP contribution < -0.4 is 16.4 Å². The van der Waals surface area contributed by atoms with Crippen LogP contribution in [0.3, 0.4) is 0 Å². The van der Waals surface area contributed by atoms with Crippen molar-refractivity contribution < 1.29 is 9.59 Å². The highest BCUT2D eigenvalue weighted by atomic mass is 16.2. The molecule has 4 aromatic rings. The number of nitrogens with two attached hydrogens (primary N) is 1. The van der Waals surface area contributed by atoms with E-state index in [-0.39, 0.29) is 5.91 Å². The Morgan fingerprint density at radius 1 is 0.938 bits per heavy atom. The second kappa shape index (κ2) is 9.05. The molecule has 0 fully saturated rings. The number of primary amides is 1. The zero-order valence-corrected chi connectivity index (χ0v) is 17.2. The fourth-order valence-corrected chi connectivity index (χ4v) is 3.04. The van der Waals surface area contributed by atoms with Crippen molar-refractivity contribution in [3.05, 3.63) is 95.9 Å². The van der Waals surface area contributed by atoms with Gasteiger partial charge in [0, 0.05) is 46.7 Å². The second-order valence-electron chi connectivity index (χ2n) is 7.06. The van der Waals surface area contributed by atoms with Crippen LogP contribution >= 0.6 is 0 Å². The smallest absolute Gasteiger partial charge is 0.255 e. The highest BCUT2D eigenvalue weighted by Gasteiger charge is 2.10. The molecule has 0 aliphatic heterocycles. The van der Waals surface area contributed by atoms with E-state index in [2.05, 4.69) is 25.6 Å². The summed E-state index contributed by atoms with van der Waals surface area (Å²) in [6.07, 6.45) is 5.12. The molecule has 4 N–H and O–H groups in total. The number of carbonyl (C=O) groups excluding carboxylic acids is 2. The second-order valence-corrected chi connectivity index (χ2v) is 7.06. The minimum absolute atomic E-state index is 0.300. The Morgan fingerprint density at radius 3 is 2.44 bits per heavy atom. The van der Waals surface area contributed by atoms with E-state index < -0.39 is 5.91 Å². The number of rotatable bonds is 6. The summed E-state index contributed by atoms with van der Waals surface area (Å²) >= 11 is 0. The van der Waals surface area contributed by atoms with Gasteiger partial charge in [0.1, 0.15) is 0 Å². The van der Waals surface area contributed by atoms with Gasteiger partial charge in [0.25, 0.3) is 5.91 Å². The Hall–Kier alpha value is -4.59. The van der Waals surface area contributed by atoms with Gasteiger partial charge in [-0.05, 0) is 67.1 Å². The fraction of sp³-hybridized carbons (Fsp3) is 0.0417. The molecule has 2 aromatic carbocycles. The lowest BCUT2D eigenvalue weighted by atomic mass is 10.1. The number of nitrogens with zero attached hydrogens (tertiary/aromatic N) is 3. The molecule has 0 atom stereocenters. The van der Waals surface area contributed by atoms with Gasteiger partial charge in [0.2, 0.25) is 11.9 Å². The van der Waals surface area contributed by atoms with Crippen molar-refractivity contribution in [3.63, 3.8) is 0 Å². The SMILES string of the molecule is Cc1ccc(NC(=O)c2ccc(C(N)=O)cc2)cc1Nc1nccc(-c2cccnc2)n1. The third kappa shape index (κ3) is 4.76. The van der Waals surface area contributed by atoms with Gasteiger partial charge in [-0.2, -0.15) is 0 Å². The Kier molecular flexibility index (Phi) is 5.85. The predicted octanol–water partition coefficient (Wildman–Crippen LogP) is 3.94. The average molecular weight is 424 g/mol. The maximum atomic E-state index is 12.6. The molecule has 0 saturated carbocycles. The van der Waals surface area contributed by atoms with E-state index in [9.17, 15) is 9.59 Å². The summed E-state index contributed by atoms with van der Waals surface area (Å²) in [6, 6.07) is 17.3. The fourth-order valence-electron chi connectivity index (χ4n) is 3.04. The minimum Gasteiger partial charge on any atom is -0.366 e. The first-order valence-electron chi connectivity index (χ1n) is 9.82. The molecule has 0 aliphatic carbocycles. The van der Waals surface area contributed by atoms with Crippen molar-refractivity contribution in [2.75, 3.05) is 10.6 Å². The van der Waals surface area contributed by atoms with Gasteiger partial charge < -0.3 is 16.4 Å². The Balaban J connectivity index is 1.52. The Morgan fingerprint density at radius 2 is 1.72 bits per heavy atom. The molecule has 4 rings (SSSR count). The molecule has 0 bridgehead atoms. The molecule has 0 unspecified atom stereocenters. The lowest BCUT2D eigenvalue weighted by Gasteiger charge is -2.12. The van der Waals surface area contributed by atoms with Crippen LogP contribution in [0.2, 0.25) is 0 Å². The quantitative estimate of drug-likeness (QED) is 0.431. The maximum absolute atomic E-state index is 12.6. The molecule has 0 saturated heterocycles. The number of aromatic nitrogens is 3. The van der Waals surface area contributed by atoms with Crippen molar-refractivity contribution in [3.8, 4) is 11.3 Å². The summed E-state index contributed by atoms with van der Waals surface area (Å²) in [5.74, 6) is -0.411. The number of hydrogen-bond donors (Lipinski definition) is 3. The molecule has 0 radical (unpaired) electrons. The normalized spacial score (nSPS) is 10.4. The molecule has 158 valence electrons. The van der Waals surface area contributed by atoms with Crippen LogP contribution in [-0.2, 0) is 0 Å². The molecule has 32 heavy (non-hydrogen) atoms. The summed E-state index contributed by atoms with van der Waals surface area (Å²) in [6.45, 7) is 1.95. The van der Waals surface area contributed by atoms with Crippen LogP contribution in [0.1, 0.15) is 26.3 Å².